The van der Waals surface area contributed by atoms with Gasteiger partial charge in [0.15, 0.2) is 0 Å². The van der Waals surface area contributed by atoms with Crippen molar-refractivity contribution in [3.05, 3.63) is 29.9 Å². The second kappa shape index (κ2) is 5.93. The van der Waals surface area contributed by atoms with Gasteiger partial charge in [-0.2, -0.15) is 4.98 Å². The van der Waals surface area contributed by atoms with Gasteiger partial charge in [0.25, 0.3) is 0 Å². The maximum atomic E-state index is 5.65. The highest BCUT2D eigenvalue weighted by atomic mass is 16.5. The van der Waals surface area contributed by atoms with Crippen molar-refractivity contribution in [3.8, 4) is 11.4 Å². The van der Waals surface area contributed by atoms with Crippen molar-refractivity contribution >= 4 is 0 Å². The number of nitrogens with one attached hydrogen (secondary N) is 1. The van der Waals surface area contributed by atoms with Crippen molar-refractivity contribution in [2.24, 2.45) is 0 Å². The summed E-state index contributed by atoms with van der Waals surface area (Å²) in [5, 5.41) is 7.69. The fourth-order valence-electron chi connectivity index (χ4n) is 3.22. The smallest absolute Gasteiger partial charge is 0.234 e. The van der Waals surface area contributed by atoms with E-state index >= 15 is 0 Å². The summed E-state index contributed by atoms with van der Waals surface area (Å²) in [5.41, 5.74) is 2.06. The first kappa shape index (κ1) is 14.2. The van der Waals surface area contributed by atoms with E-state index in [4.69, 9.17) is 9.51 Å². The van der Waals surface area contributed by atoms with Crippen molar-refractivity contribution < 1.29 is 4.52 Å². The van der Waals surface area contributed by atoms with Gasteiger partial charge in [0.1, 0.15) is 0 Å². The lowest BCUT2D eigenvalue weighted by Gasteiger charge is -2.34. The van der Waals surface area contributed by atoms with Crippen LogP contribution in [-0.2, 0) is 5.41 Å². The van der Waals surface area contributed by atoms with Gasteiger partial charge in [-0.3, -0.25) is 4.98 Å². The Kier molecular flexibility index (Phi) is 4.01. The summed E-state index contributed by atoms with van der Waals surface area (Å²) in [4.78, 5) is 8.82. The van der Waals surface area contributed by atoms with E-state index < -0.39 is 0 Å². The summed E-state index contributed by atoms with van der Waals surface area (Å²) in [6, 6.07) is 1.94. The maximum absolute atomic E-state index is 5.65. The number of nitrogens with zero attached hydrogens (tertiary/aromatic N) is 3. The van der Waals surface area contributed by atoms with Gasteiger partial charge in [0.2, 0.25) is 11.7 Å². The standard InChI is InChI=1S/C16H22N4O/c1-3-6-16(7-4-8-18-11-16)15-19-14(20-21-15)13-5-9-17-10-12(13)2/h5,9-10,18H,3-4,6-8,11H2,1-2H3. The first-order valence-corrected chi connectivity index (χ1v) is 7.71. The molecule has 1 aliphatic heterocycles. The lowest BCUT2D eigenvalue weighted by atomic mass is 9.77. The van der Waals surface area contributed by atoms with E-state index in [9.17, 15) is 0 Å². The maximum Gasteiger partial charge on any atom is 0.234 e. The Morgan fingerprint density at radius 2 is 2.33 bits per heavy atom. The van der Waals surface area contributed by atoms with Gasteiger partial charge >= 0.3 is 0 Å². The Labute approximate surface area is 125 Å². The van der Waals surface area contributed by atoms with Crippen LogP contribution in [0.1, 0.15) is 44.1 Å². The molecule has 1 unspecified atom stereocenters. The number of piperidine rings is 1. The number of aromatic nitrogens is 3. The molecule has 0 aromatic carbocycles. The highest BCUT2D eigenvalue weighted by molar-refractivity contribution is 5.58. The monoisotopic (exact) mass is 286 g/mol. The van der Waals surface area contributed by atoms with Crippen LogP contribution in [-0.4, -0.2) is 28.2 Å². The van der Waals surface area contributed by atoms with Crippen LogP contribution in [0.2, 0.25) is 0 Å². The Bertz CT molecular complexity index is 596. The molecule has 2 aromatic heterocycles. The van der Waals surface area contributed by atoms with Crippen LogP contribution in [0.3, 0.4) is 0 Å². The van der Waals surface area contributed by atoms with E-state index in [1.165, 1.54) is 0 Å². The van der Waals surface area contributed by atoms with E-state index in [1.54, 1.807) is 6.20 Å². The summed E-state index contributed by atoms with van der Waals surface area (Å²) >= 11 is 0. The lowest BCUT2D eigenvalue weighted by Crippen LogP contribution is -2.43. The first-order chi connectivity index (χ1) is 10.2. The molecule has 0 bridgehead atoms. The molecule has 0 saturated carbocycles. The van der Waals surface area contributed by atoms with Crippen molar-refractivity contribution in [1.82, 2.24) is 20.4 Å². The Morgan fingerprint density at radius 3 is 3.05 bits per heavy atom. The predicted molar refractivity (Wildman–Crippen MR) is 81.0 cm³/mol. The normalized spacial score (nSPS) is 22.4. The van der Waals surface area contributed by atoms with E-state index in [0.29, 0.717) is 5.82 Å². The first-order valence-electron chi connectivity index (χ1n) is 7.71. The second-order valence-corrected chi connectivity index (χ2v) is 5.92. The van der Waals surface area contributed by atoms with Crippen LogP contribution in [0.15, 0.2) is 23.0 Å². The molecule has 5 heteroatoms. The average Bonchev–Trinajstić information content (AvgIpc) is 2.99. The molecule has 1 N–H and O–H groups in total. The second-order valence-electron chi connectivity index (χ2n) is 5.92. The number of pyridine rings is 1. The third kappa shape index (κ3) is 2.70. The highest BCUT2D eigenvalue weighted by Crippen LogP contribution is 2.35. The van der Waals surface area contributed by atoms with Gasteiger partial charge in [-0.25, -0.2) is 0 Å². The summed E-state index contributed by atoms with van der Waals surface area (Å²) in [7, 11) is 0. The van der Waals surface area contributed by atoms with Crippen molar-refractivity contribution in [3.63, 3.8) is 0 Å². The van der Waals surface area contributed by atoms with Gasteiger partial charge in [-0.15, -0.1) is 0 Å². The summed E-state index contributed by atoms with van der Waals surface area (Å²) in [6.07, 6.45) is 8.07. The minimum absolute atomic E-state index is 0.000808. The molecule has 2 aromatic rings. The molecular formula is C16H22N4O. The molecule has 1 saturated heterocycles. The predicted octanol–water partition coefficient (Wildman–Crippen LogP) is 2.86. The lowest BCUT2D eigenvalue weighted by molar-refractivity contribution is 0.213. The van der Waals surface area contributed by atoms with E-state index in [2.05, 4.69) is 22.4 Å². The zero-order valence-corrected chi connectivity index (χ0v) is 12.7. The molecule has 0 aliphatic carbocycles. The largest absolute Gasteiger partial charge is 0.338 e. The number of rotatable bonds is 4. The van der Waals surface area contributed by atoms with E-state index in [-0.39, 0.29) is 5.41 Å². The molecule has 21 heavy (non-hydrogen) atoms. The SMILES string of the molecule is CCCC1(c2nc(-c3ccncc3C)no2)CCCNC1. The highest BCUT2D eigenvalue weighted by Gasteiger charge is 2.38. The zero-order chi connectivity index (χ0) is 14.7. The minimum Gasteiger partial charge on any atom is -0.338 e. The molecule has 5 nitrogen and oxygen atoms in total. The summed E-state index contributed by atoms with van der Waals surface area (Å²) < 4.78 is 5.65. The van der Waals surface area contributed by atoms with Crippen LogP contribution in [0.25, 0.3) is 11.4 Å². The molecule has 1 aliphatic rings. The Hall–Kier alpha value is -1.75. The van der Waals surface area contributed by atoms with Crippen molar-refractivity contribution in [1.29, 1.82) is 0 Å². The molecule has 0 amide bonds. The molecular weight excluding hydrogens is 264 g/mol. The van der Waals surface area contributed by atoms with Crippen molar-refractivity contribution in [2.75, 3.05) is 13.1 Å². The molecule has 0 spiro atoms. The third-order valence-corrected chi connectivity index (χ3v) is 4.34. The topological polar surface area (TPSA) is 63.8 Å². The zero-order valence-electron chi connectivity index (χ0n) is 12.7. The quantitative estimate of drug-likeness (QED) is 0.936. The van der Waals surface area contributed by atoms with Crippen LogP contribution in [0.5, 0.6) is 0 Å². The molecule has 1 atom stereocenters. The van der Waals surface area contributed by atoms with Crippen molar-refractivity contribution in [2.45, 2.75) is 44.9 Å². The molecule has 3 heterocycles. The van der Waals surface area contributed by atoms with Gasteiger partial charge in [0, 0.05) is 24.5 Å². The fourth-order valence-corrected chi connectivity index (χ4v) is 3.22. The van der Waals surface area contributed by atoms with Crippen LogP contribution in [0.4, 0.5) is 0 Å². The number of hydrogen-bond acceptors (Lipinski definition) is 5. The summed E-state index contributed by atoms with van der Waals surface area (Å²) in [5.74, 6) is 1.45. The summed E-state index contributed by atoms with van der Waals surface area (Å²) in [6.45, 7) is 6.23. The van der Waals surface area contributed by atoms with Crippen LogP contribution < -0.4 is 5.32 Å². The third-order valence-electron chi connectivity index (χ3n) is 4.34. The van der Waals surface area contributed by atoms with Gasteiger partial charge < -0.3 is 9.84 Å². The molecule has 1 fully saturated rings. The average molecular weight is 286 g/mol. The molecule has 0 radical (unpaired) electrons. The van der Waals surface area contributed by atoms with E-state index in [0.717, 1.165) is 55.8 Å². The van der Waals surface area contributed by atoms with Gasteiger partial charge in [0.05, 0.1) is 5.41 Å². The molecule has 112 valence electrons. The van der Waals surface area contributed by atoms with Crippen LogP contribution >= 0.6 is 0 Å². The van der Waals surface area contributed by atoms with Gasteiger partial charge in [-0.05, 0) is 44.4 Å². The van der Waals surface area contributed by atoms with Gasteiger partial charge in [-0.1, -0.05) is 18.5 Å². The Morgan fingerprint density at radius 1 is 1.43 bits per heavy atom. The minimum atomic E-state index is -0.000808. The number of hydrogen-bond donors (Lipinski definition) is 1. The van der Waals surface area contributed by atoms with E-state index in [1.807, 2.05) is 19.2 Å². The van der Waals surface area contributed by atoms with Crippen LogP contribution in [0, 0.1) is 6.92 Å². The Balaban J connectivity index is 1.94. The number of aryl methyl sites for hydroxylation is 1. The fraction of sp³-hybridized carbons (Fsp3) is 0.562. The molecule has 3 rings (SSSR count).